The molecule has 1 saturated carbocycles. The van der Waals surface area contributed by atoms with Crippen LogP contribution < -0.4 is 0 Å². The molecule has 9 heteroatoms. The van der Waals surface area contributed by atoms with Gasteiger partial charge in [0, 0.05) is 24.2 Å². The van der Waals surface area contributed by atoms with Crippen molar-refractivity contribution in [1.29, 1.82) is 0 Å². The molecule has 1 aliphatic carbocycles. The molecule has 0 unspecified atom stereocenters. The van der Waals surface area contributed by atoms with Crippen LogP contribution in [0.1, 0.15) is 38.3 Å². The van der Waals surface area contributed by atoms with Crippen molar-refractivity contribution in [1.82, 2.24) is 24.8 Å². The number of nitrogens with one attached hydrogen (secondary N) is 1. The maximum absolute atomic E-state index is 14.6. The van der Waals surface area contributed by atoms with E-state index in [9.17, 15) is 13.6 Å². The van der Waals surface area contributed by atoms with E-state index in [1.807, 2.05) is 6.92 Å². The Labute approximate surface area is 177 Å². The molecule has 0 bridgehead atoms. The van der Waals surface area contributed by atoms with Crippen LogP contribution in [-0.4, -0.2) is 49.6 Å². The van der Waals surface area contributed by atoms with Crippen LogP contribution in [0.25, 0.3) is 22.4 Å². The van der Waals surface area contributed by atoms with Gasteiger partial charge in [-0.25, -0.2) is 28.5 Å². The Morgan fingerprint density at radius 1 is 1.32 bits per heavy atom. The van der Waals surface area contributed by atoms with Gasteiger partial charge in [-0.05, 0) is 51.0 Å². The summed E-state index contributed by atoms with van der Waals surface area (Å²) in [6.07, 6.45) is 7.37. The summed E-state index contributed by atoms with van der Waals surface area (Å²) in [7, 11) is 1.75. The van der Waals surface area contributed by atoms with Crippen molar-refractivity contribution in [3.05, 3.63) is 42.0 Å². The maximum Gasteiger partial charge on any atom is 0.410 e. The predicted octanol–water partition coefficient (Wildman–Crippen LogP) is 4.24. The molecule has 1 aliphatic heterocycles. The number of nitrogens with zero attached hydrogens (tertiary/aromatic N) is 4. The average Bonchev–Trinajstić information content (AvgIpc) is 3.25. The van der Waals surface area contributed by atoms with Gasteiger partial charge in [0.05, 0.1) is 24.1 Å². The molecule has 3 atom stereocenters. The smallest absolute Gasteiger partial charge is 0.410 e. The highest BCUT2D eigenvalue weighted by atomic mass is 19.1. The number of aromatic amines is 1. The molecule has 1 saturated heterocycles. The lowest BCUT2D eigenvalue weighted by Gasteiger charge is -2.39. The molecule has 1 spiro atoms. The minimum absolute atomic E-state index is 0.0257. The van der Waals surface area contributed by atoms with Crippen LogP contribution in [0.3, 0.4) is 0 Å². The highest BCUT2D eigenvalue weighted by Crippen LogP contribution is 2.44. The van der Waals surface area contributed by atoms with E-state index in [4.69, 9.17) is 4.74 Å². The number of aromatic nitrogens is 4. The molecule has 2 fully saturated rings. The van der Waals surface area contributed by atoms with E-state index in [1.165, 1.54) is 6.07 Å². The first kappa shape index (κ1) is 19.8. The Hall–Kier alpha value is -3.10. The molecule has 3 aromatic heterocycles. The van der Waals surface area contributed by atoms with Crippen molar-refractivity contribution < 1.29 is 18.3 Å². The van der Waals surface area contributed by atoms with Crippen molar-refractivity contribution in [3.63, 3.8) is 0 Å². The SMILES string of the molecule is C[C@@H]1N(C)C(=O)O[C@]12CCC[C@H](Cc1nc(-c3c[nH]c4ncc(F)cc34)ncc1F)C2. The number of carbonyl (C=O) groups is 1. The fourth-order valence-electron chi connectivity index (χ4n) is 4.98. The molecule has 1 amide bonds. The summed E-state index contributed by atoms with van der Waals surface area (Å²) in [5.74, 6) is -0.481. The molecular formula is C22H23F2N5O2. The summed E-state index contributed by atoms with van der Waals surface area (Å²) in [5, 5.41) is 0.545. The van der Waals surface area contributed by atoms with Crippen LogP contribution in [0.5, 0.6) is 0 Å². The first-order valence-corrected chi connectivity index (χ1v) is 10.5. The summed E-state index contributed by atoms with van der Waals surface area (Å²) < 4.78 is 34.1. The van der Waals surface area contributed by atoms with Crippen molar-refractivity contribution in [2.24, 2.45) is 5.92 Å². The van der Waals surface area contributed by atoms with Gasteiger partial charge in [-0.1, -0.05) is 0 Å². The number of carbonyl (C=O) groups excluding carboxylic acids is 1. The zero-order valence-electron chi connectivity index (χ0n) is 17.4. The average molecular weight is 427 g/mol. The third kappa shape index (κ3) is 3.32. The number of rotatable bonds is 3. The molecule has 3 aromatic rings. The van der Waals surface area contributed by atoms with Gasteiger partial charge in [0.2, 0.25) is 0 Å². The number of likely N-dealkylation sites (N-methyl/N-ethyl adjacent to an activating group) is 1. The number of pyridine rings is 1. The lowest BCUT2D eigenvalue weighted by atomic mass is 9.73. The standard InChI is InChI=1S/C22H23F2N5O2/c1-12-22(31-21(30)29(12)2)5-3-4-13(8-22)6-18-17(24)11-27-20(28-18)16-10-26-19-15(16)7-14(23)9-25-19/h7,9-13H,3-6,8H2,1-2H3,(H,25,26)/t12-,13+,22-/m0/s1. The molecule has 2 aliphatic rings. The lowest BCUT2D eigenvalue weighted by molar-refractivity contribution is -0.0125. The highest BCUT2D eigenvalue weighted by Gasteiger charge is 2.52. The quantitative estimate of drug-likeness (QED) is 0.676. The molecular weight excluding hydrogens is 404 g/mol. The van der Waals surface area contributed by atoms with E-state index >= 15 is 0 Å². The van der Waals surface area contributed by atoms with E-state index in [0.717, 1.165) is 31.7 Å². The maximum atomic E-state index is 14.6. The molecule has 0 aromatic carbocycles. The number of fused-ring (bicyclic) bond motifs is 1. The zero-order valence-corrected chi connectivity index (χ0v) is 17.4. The monoisotopic (exact) mass is 427 g/mol. The van der Waals surface area contributed by atoms with Gasteiger partial charge in [0.1, 0.15) is 17.1 Å². The van der Waals surface area contributed by atoms with E-state index in [-0.39, 0.29) is 18.1 Å². The lowest BCUT2D eigenvalue weighted by Crippen LogP contribution is -2.46. The summed E-state index contributed by atoms with van der Waals surface area (Å²) in [5.41, 5.74) is 0.877. The van der Waals surface area contributed by atoms with E-state index in [1.54, 1.807) is 18.1 Å². The highest BCUT2D eigenvalue weighted by molar-refractivity contribution is 5.91. The minimum Gasteiger partial charge on any atom is -0.441 e. The van der Waals surface area contributed by atoms with E-state index < -0.39 is 17.2 Å². The fraction of sp³-hybridized carbons (Fsp3) is 0.455. The van der Waals surface area contributed by atoms with Gasteiger partial charge in [-0.3, -0.25) is 0 Å². The van der Waals surface area contributed by atoms with Gasteiger partial charge in [0.25, 0.3) is 0 Å². The van der Waals surface area contributed by atoms with Crippen LogP contribution in [0, 0.1) is 17.6 Å². The van der Waals surface area contributed by atoms with Crippen molar-refractivity contribution in [2.75, 3.05) is 7.05 Å². The second kappa shape index (κ2) is 7.25. The Kier molecular flexibility index (Phi) is 4.64. The van der Waals surface area contributed by atoms with Crippen LogP contribution in [0.4, 0.5) is 13.6 Å². The van der Waals surface area contributed by atoms with Gasteiger partial charge in [0.15, 0.2) is 11.6 Å². The molecule has 5 rings (SSSR count). The van der Waals surface area contributed by atoms with Crippen LogP contribution in [-0.2, 0) is 11.2 Å². The Morgan fingerprint density at radius 3 is 2.94 bits per heavy atom. The summed E-state index contributed by atoms with van der Waals surface area (Å²) in [6, 6.07) is 1.33. The molecule has 4 heterocycles. The minimum atomic E-state index is -0.527. The number of hydrogen-bond donors (Lipinski definition) is 1. The molecule has 31 heavy (non-hydrogen) atoms. The van der Waals surface area contributed by atoms with Crippen molar-refractivity contribution in [2.45, 2.75) is 50.7 Å². The second-order valence-electron chi connectivity index (χ2n) is 8.63. The molecule has 1 N–H and O–H groups in total. The Bertz CT molecular complexity index is 1170. The van der Waals surface area contributed by atoms with Gasteiger partial charge < -0.3 is 14.6 Å². The number of amides is 1. The number of H-pyrrole nitrogens is 1. The number of hydrogen-bond acceptors (Lipinski definition) is 5. The fourth-order valence-corrected chi connectivity index (χ4v) is 4.98. The summed E-state index contributed by atoms with van der Waals surface area (Å²) in [6.45, 7) is 2.00. The van der Waals surface area contributed by atoms with Crippen molar-refractivity contribution >= 4 is 17.1 Å². The molecule has 7 nitrogen and oxygen atoms in total. The Balaban J connectivity index is 1.42. The van der Waals surface area contributed by atoms with Gasteiger partial charge in [-0.2, -0.15) is 0 Å². The zero-order chi connectivity index (χ0) is 21.8. The van der Waals surface area contributed by atoms with Gasteiger partial charge in [-0.15, -0.1) is 0 Å². The third-order valence-corrected chi connectivity index (χ3v) is 6.80. The molecule has 162 valence electrons. The Morgan fingerprint density at radius 2 is 2.16 bits per heavy atom. The summed E-state index contributed by atoms with van der Waals surface area (Å²) in [4.78, 5) is 29.3. The number of halogens is 2. The van der Waals surface area contributed by atoms with Crippen molar-refractivity contribution in [3.8, 4) is 11.4 Å². The first-order valence-electron chi connectivity index (χ1n) is 10.5. The third-order valence-electron chi connectivity index (χ3n) is 6.80. The van der Waals surface area contributed by atoms with Gasteiger partial charge >= 0.3 is 6.09 Å². The van der Waals surface area contributed by atoms with Crippen LogP contribution in [0.15, 0.2) is 24.7 Å². The normalized spacial score (nSPS) is 26.1. The first-order chi connectivity index (χ1) is 14.9. The number of ether oxygens (including phenoxy) is 1. The van der Waals surface area contributed by atoms with Crippen LogP contribution >= 0.6 is 0 Å². The topological polar surface area (TPSA) is 84.0 Å². The predicted molar refractivity (Wildman–Crippen MR) is 109 cm³/mol. The largest absolute Gasteiger partial charge is 0.441 e. The van der Waals surface area contributed by atoms with E-state index in [0.29, 0.717) is 41.0 Å². The van der Waals surface area contributed by atoms with E-state index in [2.05, 4.69) is 19.9 Å². The second-order valence-corrected chi connectivity index (χ2v) is 8.63. The summed E-state index contributed by atoms with van der Waals surface area (Å²) >= 11 is 0. The molecule has 0 radical (unpaired) electrons. The van der Waals surface area contributed by atoms with Crippen LogP contribution in [0.2, 0.25) is 0 Å².